The van der Waals surface area contributed by atoms with Crippen LogP contribution < -0.4 is 21.7 Å². The zero-order valence-corrected chi connectivity index (χ0v) is 24.4. The Morgan fingerprint density at radius 2 is 1.55 bits per heavy atom. The second kappa shape index (κ2) is 13.3. The highest BCUT2D eigenvalue weighted by molar-refractivity contribution is 6.42. The molecule has 2 aliphatic heterocycles. The predicted molar refractivity (Wildman–Crippen MR) is 151 cm³/mol. The lowest BCUT2D eigenvalue weighted by Gasteiger charge is -2.42. The first-order chi connectivity index (χ1) is 20.6. The minimum absolute atomic E-state index is 0.0307. The van der Waals surface area contributed by atoms with Gasteiger partial charge in [-0.05, 0) is 68.6 Å². The van der Waals surface area contributed by atoms with E-state index in [4.69, 9.17) is 28.9 Å². The lowest BCUT2D eigenvalue weighted by molar-refractivity contribution is -0.143. The van der Waals surface area contributed by atoms with E-state index in [1.54, 1.807) is 6.07 Å². The van der Waals surface area contributed by atoms with Crippen molar-refractivity contribution in [1.82, 2.24) is 15.1 Å². The van der Waals surface area contributed by atoms with E-state index < -0.39 is 59.4 Å². The number of rotatable bonds is 7. The summed E-state index contributed by atoms with van der Waals surface area (Å²) < 4.78 is 79.2. The highest BCUT2D eigenvalue weighted by Gasteiger charge is 2.47. The summed E-state index contributed by atoms with van der Waals surface area (Å²) in [5.41, 5.74) is 2.09. The van der Waals surface area contributed by atoms with Crippen LogP contribution in [0.3, 0.4) is 0 Å². The molecule has 9 nitrogen and oxygen atoms in total. The zero-order valence-electron chi connectivity index (χ0n) is 22.9. The number of benzene rings is 2. The number of anilines is 2. The Labute approximate surface area is 258 Å². The van der Waals surface area contributed by atoms with Crippen molar-refractivity contribution in [3.63, 3.8) is 0 Å². The van der Waals surface area contributed by atoms with Crippen LogP contribution in [-0.2, 0) is 17.1 Å². The predicted octanol–water partition coefficient (Wildman–Crippen LogP) is 6.17. The molecular formula is C27H28Cl2F6N6O3. The van der Waals surface area contributed by atoms with Crippen LogP contribution in [0.5, 0.6) is 0 Å². The third kappa shape index (κ3) is 7.99. The van der Waals surface area contributed by atoms with Crippen LogP contribution in [0, 0.1) is 0 Å². The Balaban J connectivity index is 1.46. The molecule has 44 heavy (non-hydrogen) atoms. The van der Waals surface area contributed by atoms with Gasteiger partial charge in [-0.25, -0.2) is 9.59 Å². The van der Waals surface area contributed by atoms with Gasteiger partial charge in [-0.2, -0.15) is 26.3 Å². The van der Waals surface area contributed by atoms with Gasteiger partial charge >= 0.3 is 24.4 Å². The number of piperazine rings is 1. The summed E-state index contributed by atoms with van der Waals surface area (Å²) in [4.78, 5) is 42.4. The number of unbranched alkanes of at least 4 members (excludes halogenated alkanes) is 1. The van der Waals surface area contributed by atoms with Crippen molar-refractivity contribution in [3.8, 4) is 0 Å². The topological polar surface area (TPSA) is 120 Å². The van der Waals surface area contributed by atoms with E-state index in [0.29, 0.717) is 43.6 Å². The molecule has 0 aromatic heterocycles. The quantitative estimate of drug-likeness (QED) is 0.208. The molecule has 2 aromatic carbocycles. The Morgan fingerprint density at radius 1 is 0.886 bits per heavy atom. The van der Waals surface area contributed by atoms with Crippen molar-refractivity contribution in [2.24, 2.45) is 5.73 Å². The molecule has 2 aliphatic rings. The minimum atomic E-state index is -5.08. The summed E-state index contributed by atoms with van der Waals surface area (Å²) in [5.74, 6) is -0.361. The van der Waals surface area contributed by atoms with E-state index in [9.17, 15) is 40.7 Å². The monoisotopic (exact) mass is 668 g/mol. The summed E-state index contributed by atoms with van der Waals surface area (Å²) in [6, 6.07) is 1.60. The summed E-state index contributed by atoms with van der Waals surface area (Å²) in [6.45, 7) is 0.525. The van der Waals surface area contributed by atoms with Gasteiger partial charge in [0.05, 0.1) is 33.3 Å². The number of nitrogens with one attached hydrogen (secondary N) is 3. The van der Waals surface area contributed by atoms with Gasteiger partial charge in [0, 0.05) is 24.5 Å². The molecule has 2 fully saturated rings. The number of halogens is 8. The highest BCUT2D eigenvalue weighted by atomic mass is 35.5. The van der Waals surface area contributed by atoms with Gasteiger partial charge in [-0.15, -0.1) is 0 Å². The van der Waals surface area contributed by atoms with E-state index in [2.05, 4.69) is 10.6 Å². The van der Waals surface area contributed by atoms with Crippen LogP contribution in [0.15, 0.2) is 36.4 Å². The Morgan fingerprint density at radius 3 is 2.14 bits per heavy atom. The molecule has 2 saturated heterocycles. The van der Waals surface area contributed by atoms with Gasteiger partial charge in [-0.3, -0.25) is 4.79 Å². The maximum atomic E-state index is 13.5. The van der Waals surface area contributed by atoms with Crippen molar-refractivity contribution in [2.45, 2.75) is 56.2 Å². The summed E-state index contributed by atoms with van der Waals surface area (Å²) >= 11 is 12.0. The van der Waals surface area contributed by atoms with Crippen LogP contribution in [0.1, 0.15) is 36.8 Å². The Hall–Kier alpha value is -3.43. The fraction of sp³-hybridized carbons (Fsp3) is 0.444. The standard InChI is InChI=1S/C27H28Cl2F6N6O3/c28-20-5-4-16(11-21(20)29)39-25(44)41-13-19-10-18(12-40(19)23(42)22(41)3-1-2-6-36)38-24(43)37-17-8-14(26(30,31)32)7-15(9-17)27(33,34)35/h4-5,7-9,11,18-19,22H,1-3,6,10,12-13,36H2,(H,39,44)(H2,37,38,43)/t18-,19-,22+/m0/s1. The molecule has 5 N–H and O–H groups in total. The van der Waals surface area contributed by atoms with E-state index in [1.165, 1.54) is 21.9 Å². The first-order valence-electron chi connectivity index (χ1n) is 13.5. The average molecular weight is 669 g/mol. The van der Waals surface area contributed by atoms with Gasteiger partial charge < -0.3 is 31.5 Å². The maximum Gasteiger partial charge on any atom is 0.416 e. The zero-order chi connectivity index (χ0) is 32.4. The van der Waals surface area contributed by atoms with Crippen molar-refractivity contribution in [3.05, 3.63) is 57.6 Å². The maximum absolute atomic E-state index is 13.5. The number of alkyl halides is 6. The van der Waals surface area contributed by atoms with Crippen molar-refractivity contribution < 1.29 is 40.7 Å². The molecule has 0 radical (unpaired) electrons. The lowest BCUT2D eigenvalue weighted by Crippen LogP contribution is -2.62. The summed E-state index contributed by atoms with van der Waals surface area (Å²) in [5, 5.41) is 7.76. The van der Waals surface area contributed by atoms with E-state index in [-0.39, 0.29) is 41.5 Å². The minimum Gasteiger partial charge on any atom is -0.334 e. The molecule has 0 spiro atoms. The van der Waals surface area contributed by atoms with Gasteiger partial charge in [0.1, 0.15) is 6.04 Å². The number of urea groups is 2. The fourth-order valence-corrected chi connectivity index (χ4v) is 5.58. The number of amides is 5. The Bertz CT molecular complexity index is 1380. The first kappa shape index (κ1) is 33.5. The van der Waals surface area contributed by atoms with E-state index in [0.717, 1.165) is 0 Å². The lowest BCUT2D eigenvalue weighted by atomic mass is 10.0. The second-order valence-electron chi connectivity index (χ2n) is 10.5. The third-order valence-electron chi connectivity index (χ3n) is 7.31. The van der Waals surface area contributed by atoms with Crippen LogP contribution in [0.2, 0.25) is 10.0 Å². The molecule has 0 bridgehead atoms. The number of hydrogen-bond acceptors (Lipinski definition) is 4. The third-order valence-corrected chi connectivity index (χ3v) is 8.05. The normalized spacial score (nSPS) is 20.4. The number of nitrogens with two attached hydrogens (primary N) is 1. The first-order valence-corrected chi connectivity index (χ1v) is 14.2. The molecular weight excluding hydrogens is 641 g/mol. The molecule has 3 atom stereocenters. The largest absolute Gasteiger partial charge is 0.416 e. The number of hydrogen-bond donors (Lipinski definition) is 4. The molecule has 2 aromatic rings. The van der Waals surface area contributed by atoms with E-state index in [1.807, 2.05) is 5.32 Å². The van der Waals surface area contributed by atoms with Crippen LogP contribution in [-0.4, -0.2) is 65.5 Å². The van der Waals surface area contributed by atoms with Gasteiger partial charge in [0.2, 0.25) is 5.91 Å². The number of carbonyl (C=O) groups excluding carboxylic acids is 3. The smallest absolute Gasteiger partial charge is 0.334 e. The summed E-state index contributed by atoms with van der Waals surface area (Å²) in [6.07, 6.45) is -8.48. The molecule has 5 amide bonds. The van der Waals surface area contributed by atoms with Crippen LogP contribution in [0.4, 0.5) is 47.3 Å². The average Bonchev–Trinajstić information content (AvgIpc) is 3.33. The molecule has 4 rings (SSSR count). The molecule has 0 unspecified atom stereocenters. The van der Waals surface area contributed by atoms with Crippen LogP contribution in [0.25, 0.3) is 0 Å². The Kier molecular flexibility index (Phi) is 10.1. The molecule has 2 heterocycles. The number of nitrogens with zero attached hydrogens (tertiary/aromatic N) is 2. The number of carbonyl (C=O) groups is 3. The summed E-state index contributed by atoms with van der Waals surface area (Å²) in [7, 11) is 0. The van der Waals surface area contributed by atoms with Crippen LogP contribution >= 0.6 is 23.2 Å². The second-order valence-corrected chi connectivity index (χ2v) is 11.3. The fourth-order valence-electron chi connectivity index (χ4n) is 5.28. The van der Waals surface area contributed by atoms with Crippen molar-refractivity contribution in [1.29, 1.82) is 0 Å². The molecule has 240 valence electrons. The van der Waals surface area contributed by atoms with E-state index >= 15 is 0 Å². The van der Waals surface area contributed by atoms with Gasteiger partial charge in [0.15, 0.2) is 0 Å². The number of fused-ring (bicyclic) bond motifs is 1. The highest BCUT2D eigenvalue weighted by Crippen LogP contribution is 2.38. The molecule has 0 aliphatic carbocycles. The molecule has 0 saturated carbocycles. The molecule has 17 heteroatoms. The van der Waals surface area contributed by atoms with Crippen molar-refractivity contribution in [2.75, 3.05) is 30.3 Å². The van der Waals surface area contributed by atoms with Gasteiger partial charge in [-0.1, -0.05) is 23.2 Å². The SMILES string of the molecule is NCCCC[C@@H]1C(=O)N2C[C@@H](NC(=O)Nc3cc(C(F)(F)F)cc(C(F)(F)F)c3)C[C@H]2CN1C(=O)Nc1ccc(Cl)c(Cl)c1. The van der Waals surface area contributed by atoms with Gasteiger partial charge in [0.25, 0.3) is 0 Å². The van der Waals surface area contributed by atoms with Crippen molar-refractivity contribution >= 4 is 52.5 Å².